The van der Waals surface area contributed by atoms with Crippen molar-refractivity contribution in [3.63, 3.8) is 0 Å². The SMILES string of the molecule is CCCCCCN=C(NCC)NC1CCN(C(=O)C2CCCC2)C1.I. The zero-order valence-corrected chi connectivity index (χ0v) is 18.4. The molecule has 6 heteroatoms. The summed E-state index contributed by atoms with van der Waals surface area (Å²) < 4.78 is 0. The average Bonchev–Trinajstić information content (AvgIpc) is 3.26. The van der Waals surface area contributed by atoms with Crippen LogP contribution in [0.1, 0.15) is 71.6 Å². The lowest BCUT2D eigenvalue weighted by atomic mass is 10.1. The van der Waals surface area contributed by atoms with Gasteiger partial charge in [0.15, 0.2) is 5.96 Å². The van der Waals surface area contributed by atoms with Gasteiger partial charge in [0.05, 0.1) is 0 Å². The second-order valence-electron chi connectivity index (χ2n) is 7.22. The normalized spacial score (nSPS) is 21.3. The minimum absolute atomic E-state index is 0. The Hall–Kier alpha value is -0.530. The topological polar surface area (TPSA) is 56.7 Å². The number of hydrogen-bond donors (Lipinski definition) is 2. The zero-order valence-electron chi connectivity index (χ0n) is 16.1. The molecule has 5 nitrogen and oxygen atoms in total. The van der Waals surface area contributed by atoms with Gasteiger partial charge in [-0.2, -0.15) is 0 Å². The van der Waals surface area contributed by atoms with Gasteiger partial charge >= 0.3 is 0 Å². The molecule has 1 atom stereocenters. The third-order valence-electron chi connectivity index (χ3n) is 5.17. The van der Waals surface area contributed by atoms with Crippen LogP contribution in [0, 0.1) is 5.92 Å². The number of carbonyl (C=O) groups is 1. The summed E-state index contributed by atoms with van der Waals surface area (Å²) in [6, 6.07) is 0.337. The molecule has 1 heterocycles. The number of nitrogens with one attached hydrogen (secondary N) is 2. The molecule has 0 aromatic carbocycles. The van der Waals surface area contributed by atoms with Gasteiger partial charge in [-0.1, -0.05) is 39.0 Å². The second kappa shape index (κ2) is 12.8. The van der Waals surface area contributed by atoms with E-state index in [0.29, 0.717) is 17.9 Å². The van der Waals surface area contributed by atoms with Gasteiger partial charge in [0.2, 0.25) is 5.91 Å². The summed E-state index contributed by atoms with van der Waals surface area (Å²) in [7, 11) is 0. The predicted octanol–water partition coefficient (Wildman–Crippen LogP) is 3.53. The molecule has 2 rings (SSSR count). The van der Waals surface area contributed by atoms with Gasteiger partial charge in [-0.3, -0.25) is 9.79 Å². The van der Waals surface area contributed by atoms with Crippen LogP contribution in [0.5, 0.6) is 0 Å². The molecule has 1 aliphatic carbocycles. The largest absolute Gasteiger partial charge is 0.357 e. The molecule has 0 spiro atoms. The quantitative estimate of drug-likeness (QED) is 0.250. The van der Waals surface area contributed by atoms with Crippen molar-refractivity contribution in [1.29, 1.82) is 0 Å². The summed E-state index contributed by atoms with van der Waals surface area (Å²) in [6.45, 7) is 7.80. The van der Waals surface area contributed by atoms with Gasteiger partial charge < -0.3 is 15.5 Å². The number of unbranched alkanes of at least 4 members (excludes halogenated alkanes) is 3. The number of halogens is 1. The van der Waals surface area contributed by atoms with Crippen LogP contribution in [0.4, 0.5) is 0 Å². The van der Waals surface area contributed by atoms with Crippen molar-refractivity contribution in [2.45, 2.75) is 77.7 Å². The fourth-order valence-corrected chi connectivity index (χ4v) is 3.75. The van der Waals surface area contributed by atoms with Crippen LogP contribution < -0.4 is 10.6 Å². The number of aliphatic imine (C=N–C) groups is 1. The number of guanidine groups is 1. The standard InChI is InChI=1S/C19H36N4O.HI/c1-3-5-6-9-13-21-19(20-4-2)22-17-12-14-23(15-17)18(24)16-10-7-8-11-16;/h16-17H,3-15H2,1-2H3,(H2,20,21,22);1H. The van der Waals surface area contributed by atoms with E-state index in [1.54, 1.807) is 0 Å². The van der Waals surface area contributed by atoms with Crippen molar-refractivity contribution in [3.8, 4) is 0 Å². The van der Waals surface area contributed by atoms with Crippen molar-refractivity contribution in [1.82, 2.24) is 15.5 Å². The molecule has 2 N–H and O–H groups in total. The van der Waals surface area contributed by atoms with E-state index >= 15 is 0 Å². The van der Waals surface area contributed by atoms with Crippen LogP contribution in [-0.4, -0.2) is 49.0 Å². The Bertz CT molecular complexity index is 410. The van der Waals surface area contributed by atoms with E-state index in [9.17, 15) is 4.79 Å². The predicted molar refractivity (Wildman–Crippen MR) is 116 cm³/mol. The highest BCUT2D eigenvalue weighted by Gasteiger charge is 2.32. The Kier molecular flexibility index (Phi) is 11.5. The molecule has 0 aromatic rings. The summed E-state index contributed by atoms with van der Waals surface area (Å²) >= 11 is 0. The van der Waals surface area contributed by atoms with E-state index in [2.05, 4.69) is 34.4 Å². The highest BCUT2D eigenvalue weighted by molar-refractivity contribution is 14.0. The van der Waals surface area contributed by atoms with Crippen LogP contribution in [0.15, 0.2) is 4.99 Å². The average molecular weight is 464 g/mol. The van der Waals surface area contributed by atoms with Gasteiger partial charge in [0, 0.05) is 38.1 Å². The van der Waals surface area contributed by atoms with Gasteiger partial charge in [0.1, 0.15) is 0 Å². The van der Waals surface area contributed by atoms with Crippen molar-refractivity contribution >= 4 is 35.8 Å². The molecule has 0 radical (unpaired) electrons. The lowest BCUT2D eigenvalue weighted by Gasteiger charge is -2.21. The number of hydrogen-bond acceptors (Lipinski definition) is 2. The van der Waals surface area contributed by atoms with Gasteiger partial charge in [-0.25, -0.2) is 0 Å². The van der Waals surface area contributed by atoms with E-state index in [-0.39, 0.29) is 24.0 Å². The number of amides is 1. The lowest BCUT2D eigenvalue weighted by Crippen LogP contribution is -2.45. The van der Waals surface area contributed by atoms with Crippen LogP contribution >= 0.6 is 24.0 Å². The number of carbonyl (C=O) groups excluding carboxylic acids is 1. The minimum atomic E-state index is 0. The first kappa shape index (κ1) is 22.5. The Balaban J connectivity index is 0.00000312. The fraction of sp³-hybridized carbons (Fsp3) is 0.895. The van der Waals surface area contributed by atoms with Crippen LogP contribution in [0.3, 0.4) is 0 Å². The Morgan fingerprint density at radius 2 is 1.88 bits per heavy atom. The number of rotatable bonds is 8. The highest BCUT2D eigenvalue weighted by Crippen LogP contribution is 2.27. The molecule has 25 heavy (non-hydrogen) atoms. The lowest BCUT2D eigenvalue weighted by molar-refractivity contribution is -0.134. The maximum absolute atomic E-state index is 12.5. The van der Waals surface area contributed by atoms with E-state index in [0.717, 1.165) is 57.8 Å². The molecule has 1 amide bonds. The molecule has 1 aliphatic heterocycles. The van der Waals surface area contributed by atoms with E-state index in [1.165, 1.54) is 32.1 Å². The molecule has 146 valence electrons. The minimum Gasteiger partial charge on any atom is -0.357 e. The summed E-state index contributed by atoms with van der Waals surface area (Å²) in [5, 5.41) is 6.86. The summed E-state index contributed by atoms with van der Waals surface area (Å²) in [4.78, 5) is 19.3. The third-order valence-corrected chi connectivity index (χ3v) is 5.17. The van der Waals surface area contributed by atoms with Crippen LogP contribution in [0.25, 0.3) is 0 Å². The number of likely N-dealkylation sites (tertiary alicyclic amines) is 1. The third kappa shape index (κ3) is 7.71. The fourth-order valence-electron chi connectivity index (χ4n) is 3.75. The molecule has 1 saturated heterocycles. The van der Waals surface area contributed by atoms with Gasteiger partial charge in [-0.15, -0.1) is 24.0 Å². The van der Waals surface area contributed by atoms with Gasteiger partial charge in [-0.05, 0) is 32.6 Å². The molecule has 2 fully saturated rings. The van der Waals surface area contributed by atoms with Crippen molar-refractivity contribution in [2.24, 2.45) is 10.9 Å². The summed E-state index contributed by atoms with van der Waals surface area (Å²) in [5.74, 6) is 1.59. The first-order valence-electron chi connectivity index (χ1n) is 10.1. The zero-order chi connectivity index (χ0) is 17.2. The van der Waals surface area contributed by atoms with Crippen LogP contribution in [0.2, 0.25) is 0 Å². The smallest absolute Gasteiger partial charge is 0.225 e. The molecular formula is C19H37IN4O. The highest BCUT2D eigenvalue weighted by atomic mass is 127. The molecular weight excluding hydrogens is 427 g/mol. The summed E-state index contributed by atoms with van der Waals surface area (Å²) in [6.07, 6.45) is 10.6. The molecule has 0 aromatic heterocycles. The molecule has 1 saturated carbocycles. The van der Waals surface area contributed by atoms with Crippen molar-refractivity contribution < 1.29 is 4.79 Å². The van der Waals surface area contributed by atoms with E-state index in [1.807, 2.05) is 0 Å². The maximum Gasteiger partial charge on any atom is 0.225 e. The maximum atomic E-state index is 12.5. The molecule has 0 bridgehead atoms. The van der Waals surface area contributed by atoms with Crippen molar-refractivity contribution in [3.05, 3.63) is 0 Å². The van der Waals surface area contributed by atoms with Gasteiger partial charge in [0.25, 0.3) is 0 Å². The Morgan fingerprint density at radius 3 is 2.56 bits per heavy atom. The first-order valence-corrected chi connectivity index (χ1v) is 10.1. The van der Waals surface area contributed by atoms with Crippen LogP contribution in [-0.2, 0) is 4.79 Å². The number of nitrogens with zero attached hydrogens (tertiary/aromatic N) is 2. The second-order valence-corrected chi connectivity index (χ2v) is 7.22. The van der Waals surface area contributed by atoms with E-state index < -0.39 is 0 Å². The first-order chi connectivity index (χ1) is 11.7. The molecule has 2 aliphatic rings. The Morgan fingerprint density at radius 1 is 1.12 bits per heavy atom. The van der Waals surface area contributed by atoms with E-state index in [4.69, 9.17) is 0 Å². The summed E-state index contributed by atoms with van der Waals surface area (Å²) in [5.41, 5.74) is 0. The monoisotopic (exact) mass is 464 g/mol. The molecule has 1 unspecified atom stereocenters. The van der Waals surface area contributed by atoms with Crippen molar-refractivity contribution in [2.75, 3.05) is 26.2 Å². The Labute approximate surface area is 170 Å².